The Hall–Kier alpha value is -1.99. The van der Waals surface area contributed by atoms with Crippen molar-refractivity contribution in [1.82, 2.24) is 0 Å². The second kappa shape index (κ2) is 9.47. The first-order chi connectivity index (χ1) is 13.9. The Bertz CT molecular complexity index is 734. The fourth-order valence-corrected chi connectivity index (χ4v) is 8.45. The molecule has 28 heavy (non-hydrogen) atoms. The van der Waals surface area contributed by atoms with Crippen LogP contribution in [0.5, 0.6) is 0 Å². The average molecular weight is 391 g/mol. The zero-order chi connectivity index (χ0) is 19.1. The van der Waals surface area contributed by atoms with E-state index in [-0.39, 0.29) is 6.29 Å². The molecule has 1 saturated heterocycles. The number of ether oxygens (including phenoxy) is 2. The summed E-state index contributed by atoms with van der Waals surface area (Å²) in [5.74, 6) is 0. The lowest BCUT2D eigenvalue weighted by molar-refractivity contribution is -0.181. The monoisotopic (exact) mass is 391 g/mol. The predicted molar refractivity (Wildman–Crippen MR) is 120 cm³/mol. The topological polar surface area (TPSA) is 18.5 Å². The zero-order valence-electron chi connectivity index (χ0n) is 16.2. The van der Waals surface area contributed by atoms with E-state index >= 15 is 0 Å². The molecule has 1 heterocycles. The molecule has 0 spiro atoms. The second-order valence-electron chi connectivity index (χ2n) is 7.21. The summed E-state index contributed by atoms with van der Waals surface area (Å²) in [4.78, 5) is 0. The number of rotatable bonds is 7. The summed E-state index contributed by atoms with van der Waals surface area (Å²) in [5.41, 5.74) is 0. The molecule has 3 aromatic rings. The van der Waals surface area contributed by atoms with Gasteiger partial charge in [-0.25, -0.2) is 0 Å². The van der Waals surface area contributed by atoms with E-state index in [1.165, 1.54) is 15.9 Å². The van der Waals surface area contributed by atoms with Gasteiger partial charge in [0.1, 0.15) is 23.2 Å². The van der Waals surface area contributed by atoms with Crippen LogP contribution in [-0.2, 0) is 9.47 Å². The maximum Gasteiger partial charge on any atom is 0.157 e. The fourth-order valence-electron chi connectivity index (χ4n) is 4.08. The molecule has 0 atom stereocenters. The highest BCUT2D eigenvalue weighted by Crippen LogP contribution is 2.56. The summed E-state index contributed by atoms with van der Waals surface area (Å²) in [6, 6.07) is 33.2. The normalized spacial score (nSPS) is 15.4. The van der Waals surface area contributed by atoms with E-state index in [4.69, 9.17) is 9.47 Å². The van der Waals surface area contributed by atoms with E-state index in [2.05, 4.69) is 91.0 Å². The van der Waals surface area contributed by atoms with Crippen LogP contribution in [0.3, 0.4) is 0 Å². The van der Waals surface area contributed by atoms with Crippen molar-refractivity contribution in [1.29, 1.82) is 0 Å². The van der Waals surface area contributed by atoms with E-state index in [0.717, 1.165) is 38.6 Å². The lowest BCUT2D eigenvalue weighted by atomic mass is 10.3. The number of hydrogen-bond acceptors (Lipinski definition) is 2. The summed E-state index contributed by atoms with van der Waals surface area (Å²) in [6.45, 7) is 1.64. The Kier molecular flexibility index (Phi) is 6.54. The average Bonchev–Trinajstić information content (AvgIpc) is 2.79. The summed E-state index contributed by atoms with van der Waals surface area (Å²) in [7, 11) is -1.73. The van der Waals surface area contributed by atoms with Gasteiger partial charge in [-0.15, -0.1) is 0 Å². The van der Waals surface area contributed by atoms with Gasteiger partial charge in [0.25, 0.3) is 0 Å². The van der Waals surface area contributed by atoms with Crippen LogP contribution >= 0.6 is 7.26 Å². The van der Waals surface area contributed by atoms with Gasteiger partial charge in [0.15, 0.2) is 6.29 Å². The van der Waals surface area contributed by atoms with Crippen LogP contribution in [0.2, 0.25) is 0 Å². The number of benzene rings is 3. The molecule has 3 aromatic carbocycles. The summed E-state index contributed by atoms with van der Waals surface area (Å²) in [6.07, 6.45) is 4.11. The molecule has 1 aliphatic heterocycles. The van der Waals surface area contributed by atoms with Crippen molar-refractivity contribution in [2.45, 2.75) is 25.6 Å². The Balaban J connectivity index is 1.72. The molecule has 0 aromatic heterocycles. The third-order valence-electron chi connectivity index (χ3n) is 5.42. The van der Waals surface area contributed by atoms with E-state index in [9.17, 15) is 0 Å². The van der Waals surface area contributed by atoms with Gasteiger partial charge in [-0.1, -0.05) is 54.6 Å². The van der Waals surface area contributed by atoms with Gasteiger partial charge in [-0.05, 0) is 49.2 Å². The van der Waals surface area contributed by atoms with E-state index in [1.54, 1.807) is 0 Å². The first-order valence-corrected chi connectivity index (χ1v) is 12.2. The van der Waals surface area contributed by atoms with Gasteiger partial charge >= 0.3 is 0 Å². The quantitative estimate of drug-likeness (QED) is 0.551. The van der Waals surface area contributed by atoms with E-state index in [0.29, 0.717) is 0 Å². The summed E-state index contributed by atoms with van der Waals surface area (Å²) >= 11 is 0. The van der Waals surface area contributed by atoms with E-state index in [1.807, 2.05) is 0 Å². The fraction of sp³-hybridized carbons (Fsp3) is 0.280. The van der Waals surface area contributed by atoms with Crippen molar-refractivity contribution in [3.63, 3.8) is 0 Å². The molecule has 1 fully saturated rings. The lowest BCUT2D eigenvalue weighted by Gasteiger charge is -2.29. The minimum atomic E-state index is -1.73. The Morgan fingerprint density at radius 2 is 1.07 bits per heavy atom. The number of hydrogen-bond donors (Lipinski definition) is 0. The second-order valence-corrected chi connectivity index (χ2v) is 10.8. The molecule has 0 unspecified atom stereocenters. The van der Waals surface area contributed by atoms with Crippen LogP contribution in [0.1, 0.15) is 19.3 Å². The zero-order valence-corrected chi connectivity index (χ0v) is 17.1. The highest BCUT2D eigenvalue weighted by Gasteiger charge is 2.44. The SMILES string of the molecule is c1ccc([P+](CCCC2OCCCO2)(c2ccccc2)c2ccccc2)cc1. The highest BCUT2D eigenvalue weighted by molar-refractivity contribution is 7.95. The van der Waals surface area contributed by atoms with Crippen LogP contribution in [0, 0.1) is 0 Å². The maximum absolute atomic E-state index is 5.80. The lowest BCUT2D eigenvalue weighted by Crippen LogP contribution is -2.34. The summed E-state index contributed by atoms with van der Waals surface area (Å²) < 4.78 is 11.6. The third kappa shape index (κ3) is 4.20. The van der Waals surface area contributed by atoms with Crippen LogP contribution in [0.4, 0.5) is 0 Å². The van der Waals surface area contributed by atoms with Gasteiger partial charge < -0.3 is 9.47 Å². The van der Waals surface area contributed by atoms with Gasteiger partial charge in [0.2, 0.25) is 0 Å². The molecule has 1 aliphatic rings. The van der Waals surface area contributed by atoms with Crippen molar-refractivity contribution in [3.05, 3.63) is 91.0 Å². The first-order valence-electron chi connectivity index (χ1n) is 10.2. The molecular weight excluding hydrogens is 363 g/mol. The van der Waals surface area contributed by atoms with Gasteiger partial charge in [-0.3, -0.25) is 0 Å². The molecule has 3 heteroatoms. The molecule has 0 aliphatic carbocycles. The maximum atomic E-state index is 5.80. The molecule has 0 bridgehead atoms. The van der Waals surface area contributed by atoms with Gasteiger partial charge in [-0.2, -0.15) is 0 Å². The Labute approximate surface area is 168 Å². The molecule has 0 radical (unpaired) electrons. The smallest absolute Gasteiger partial charge is 0.157 e. The molecule has 2 nitrogen and oxygen atoms in total. The van der Waals surface area contributed by atoms with Crippen molar-refractivity contribution < 1.29 is 9.47 Å². The predicted octanol–water partition coefficient (Wildman–Crippen LogP) is 4.52. The molecule has 0 N–H and O–H groups in total. The summed E-state index contributed by atoms with van der Waals surface area (Å²) in [5, 5.41) is 4.33. The molecule has 0 amide bonds. The highest BCUT2D eigenvalue weighted by atomic mass is 31.2. The first kappa shape index (κ1) is 19.3. The van der Waals surface area contributed by atoms with Crippen molar-refractivity contribution >= 4 is 23.2 Å². The van der Waals surface area contributed by atoms with Gasteiger partial charge in [0, 0.05) is 6.42 Å². The van der Waals surface area contributed by atoms with Crippen LogP contribution in [-0.4, -0.2) is 25.7 Å². The van der Waals surface area contributed by atoms with Crippen LogP contribution in [0.25, 0.3) is 0 Å². The Morgan fingerprint density at radius 3 is 1.50 bits per heavy atom. The minimum Gasteiger partial charge on any atom is -0.353 e. The molecule has 0 saturated carbocycles. The minimum absolute atomic E-state index is 0.0435. The van der Waals surface area contributed by atoms with Crippen molar-refractivity contribution in [2.24, 2.45) is 0 Å². The van der Waals surface area contributed by atoms with Crippen molar-refractivity contribution in [2.75, 3.05) is 19.4 Å². The van der Waals surface area contributed by atoms with Crippen molar-refractivity contribution in [3.8, 4) is 0 Å². The Morgan fingerprint density at radius 1 is 0.643 bits per heavy atom. The largest absolute Gasteiger partial charge is 0.353 e. The van der Waals surface area contributed by atoms with Gasteiger partial charge in [0.05, 0.1) is 19.4 Å². The third-order valence-corrected chi connectivity index (χ3v) is 9.95. The van der Waals surface area contributed by atoms with Crippen LogP contribution < -0.4 is 15.9 Å². The molecular formula is C25H28O2P+. The molecule has 4 rings (SSSR count). The van der Waals surface area contributed by atoms with E-state index < -0.39 is 7.26 Å². The molecule has 144 valence electrons. The van der Waals surface area contributed by atoms with Crippen LogP contribution in [0.15, 0.2) is 91.0 Å². The standard InChI is InChI=1S/C25H28O2P/c1-4-12-22(13-5-1)28(23-14-6-2-7-15-23,24-16-8-3-9-17-24)21-10-18-25-26-19-11-20-27-25/h1-9,12-17,25H,10-11,18-21H2/q+1.